The van der Waals surface area contributed by atoms with Crippen LogP contribution in [0.5, 0.6) is 0 Å². The summed E-state index contributed by atoms with van der Waals surface area (Å²) in [5.41, 5.74) is -1.70. The summed E-state index contributed by atoms with van der Waals surface area (Å²) in [6, 6.07) is 0.882. The van der Waals surface area contributed by atoms with Crippen molar-refractivity contribution in [3.8, 4) is 0 Å². The Morgan fingerprint density at radius 1 is 1.62 bits per heavy atom. The molecule has 70 valence electrons. The van der Waals surface area contributed by atoms with E-state index in [1.54, 1.807) is 6.92 Å². The molecular weight excluding hydrogens is 176 g/mol. The highest BCUT2D eigenvalue weighted by atomic mass is 16.4. The van der Waals surface area contributed by atoms with Gasteiger partial charge in [0.15, 0.2) is 0 Å². The number of nitrogens with one attached hydrogen (secondary N) is 1. The van der Waals surface area contributed by atoms with E-state index in [1.165, 1.54) is 0 Å². The average Bonchev–Trinajstić information content (AvgIpc) is 2.02. The lowest BCUT2D eigenvalue weighted by atomic mass is 10.4. The van der Waals surface area contributed by atoms with E-state index in [2.05, 4.69) is 0 Å². The first-order valence-electron chi connectivity index (χ1n) is 3.63. The molecule has 2 N–H and O–H groups in total. The van der Waals surface area contributed by atoms with Crippen molar-refractivity contribution in [3.63, 3.8) is 0 Å². The zero-order valence-electron chi connectivity index (χ0n) is 6.90. The molecule has 6 heteroatoms. The maximum absolute atomic E-state index is 11.0. The van der Waals surface area contributed by atoms with Crippen molar-refractivity contribution in [2.75, 3.05) is 0 Å². The summed E-state index contributed by atoms with van der Waals surface area (Å²) in [5.74, 6) is -1.29. The Hall–Kier alpha value is -1.85. The number of rotatable bonds is 2. The SMILES string of the molecule is CCn1c(C(=O)O)cc(=O)[nH]c1=O. The van der Waals surface area contributed by atoms with E-state index in [9.17, 15) is 14.4 Å². The van der Waals surface area contributed by atoms with Crippen LogP contribution in [0.4, 0.5) is 0 Å². The van der Waals surface area contributed by atoms with Gasteiger partial charge in [0.25, 0.3) is 5.56 Å². The smallest absolute Gasteiger partial charge is 0.352 e. The van der Waals surface area contributed by atoms with Crippen LogP contribution in [0.2, 0.25) is 0 Å². The van der Waals surface area contributed by atoms with Gasteiger partial charge in [0.05, 0.1) is 0 Å². The molecule has 0 bridgehead atoms. The predicted molar refractivity (Wildman–Crippen MR) is 44.0 cm³/mol. The third-order valence-corrected chi connectivity index (χ3v) is 1.57. The Bertz CT molecular complexity index is 443. The van der Waals surface area contributed by atoms with E-state index in [-0.39, 0.29) is 12.2 Å². The van der Waals surface area contributed by atoms with Gasteiger partial charge in [-0.05, 0) is 6.92 Å². The highest BCUT2D eigenvalue weighted by molar-refractivity contribution is 5.85. The highest BCUT2D eigenvalue weighted by Gasteiger charge is 2.10. The molecular formula is C7H8N2O4. The second-order valence-electron chi connectivity index (χ2n) is 2.37. The molecule has 1 aromatic rings. The molecule has 13 heavy (non-hydrogen) atoms. The fourth-order valence-corrected chi connectivity index (χ4v) is 1.01. The number of hydrogen-bond donors (Lipinski definition) is 2. The van der Waals surface area contributed by atoms with Crippen LogP contribution in [-0.2, 0) is 6.54 Å². The summed E-state index contributed by atoms with van der Waals surface area (Å²) < 4.78 is 0.976. The Morgan fingerprint density at radius 2 is 2.23 bits per heavy atom. The maximum atomic E-state index is 11.0. The van der Waals surface area contributed by atoms with Crippen molar-refractivity contribution in [1.82, 2.24) is 9.55 Å². The highest BCUT2D eigenvalue weighted by Crippen LogP contribution is 1.91. The number of H-pyrrole nitrogens is 1. The van der Waals surface area contributed by atoms with Gasteiger partial charge in [-0.3, -0.25) is 14.3 Å². The van der Waals surface area contributed by atoms with Crippen LogP contribution in [0.3, 0.4) is 0 Å². The monoisotopic (exact) mass is 184 g/mol. The number of nitrogens with zero attached hydrogens (tertiary/aromatic N) is 1. The number of carboxylic acids is 1. The second kappa shape index (κ2) is 3.26. The maximum Gasteiger partial charge on any atom is 0.352 e. The van der Waals surface area contributed by atoms with Crippen LogP contribution in [0, 0.1) is 0 Å². The minimum Gasteiger partial charge on any atom is -0.477 e. The first-order valence-corrected chi connectivity index (χ1v) is 3.63. The summed E-state index contributed by atoms with van der Waals surface area (Å²) in [6.45, 7) is 1.82. The Labute approximate surface area is 72.5 Å². The molecule has 0 aliphatic heterocycles. The second-order valence-corrected chi connectivity index (χ2v) is 2.37. The van der Waals surface area contributed by atoms with Crippen LogP contribution >= 0.6 is 0 Å². The molecule has 0 amide bonds. The Morgan fingerprint density at radius 3 is 2.69 bits per heavy atom. The summed E-state index contributed by atoms with van der Waals surface area (Å²) in [4.78, 5) is 34.3. The van der Waals surface area contributed by atoms with Gasteiger partial charge in [-0.2, -0.15) is 0 Å². The van der Waals surface area contributed by atoms with E-state index in [0.29, 0.717) is 0 Å². The van der Waals surface area contributed by atoms with Gasteiger partial charge < -0.3 is 5.11 Å². The molecule has 0 aromatic carbocycles. The van der Waals surface area contributed by atoms with Crippen molar-refractivity contribution >= 4 is 5.97 Å². The lowest BCUT2D eigenvalue weighted by Crippen LogP contribution is -2.33. The van der Waals surface area contributed by atoms with Crippen LogP contribution in [-0.4, -0.2) is 20.6 Å². The van der Waals surface area contributed by atoms with Gasteiger partial charge in [0.2, 0.25) is 0 Å². The minimum absolute atomic E-state index is 0.206. The zero-order valence-corrected chi connectivity index (χ0v) is 6.90. The molecule has 1 heterocycles. The molecule has 6 nitrogen and oxygen atoms in total. The fraction of sp³-hybridized carbons (Fsp3) is 0.286. The zero-order chi connectivity index (χ0) is 10.0. The minimum atomic E-state index is -1.29. The molecule has 0 spiro atoms. The van der Waals surface area contributed by atoms with E-state index >= 15 is 0 Å². The van der Waals surface area contributed by atoms with E-state index < -0.39 is 17.2 Å². The lowest BCUT2D eigenvalue weighted by Gasteiger charge is -2.03. The van der Waals surface area contributed by atoms with Crippen LogP contribution in [0.15, 0.2) is 15.7 Å². The molecule has 0 unspecified atom stereocenters. The molecule has 1 aromatic heterocycles. The van der Waals surface area contributed by atoms with Crippen LogP contribution in [0.1, 0.15) is 17.4 Å². The molecule has 0 radical (unpaired) electrons. The predicted octanol–water partition coefficient (Wildman–Crippen LogP) is -0.745. The third kappa shape index (κ3) is 1.66. The van der Waals surface area contributed by atoms with Gasteiger partial charge in [-0.25, -0.2) is 9.59 Å². The van der Waals surface area contributed by atoms with Gasteiger partial charge >= 0.3 is 11.7 Å². The number of aromatic amines is 1. The quantitative estimate of drug-likeness (QED) is 0.632. The molecule has 0 saturated carbocycles. The van der Waals surface area contributed by atoms with Crippen molar-refractivity contribution in [2.45, 2.75) is 13.5 Å². The summed E-state index contributed by atoms with van der Waals surface area (Å²) >= 11 is 0. The third-order valence-electron chi connectivity index (χ3n) is 1.57. The van der Waals surface area contributed by atoms with Gasteiger partial charge in [0.1, 0.15) is 5.69 Å². The summed E-state index contributed by atoms with van der Waals surface area (Å²) in [6.07, 6.45) is 0. The number of aromatic nitrogens is 2. The van der Waals surface area contributed by atoms with Crippen LogP contribution in [0.25, 0.3) is 0 Å². The van der Waals surface area contributed by atoms with Crippen LogP contribution < -0.4 is 11.2 Å². The van der Waals surface area contributed by atoms with Crippen molar-refractivity contribution in [2.24, 2.45) is 0 Å². The standard InChI is InChI=1S/C7H8N2O4/c1-2-9-4(6(11)12)3-5(10)8-7(9)13/h3H,2H2,1H3,(H,11,12)(H,8,10,13). The van der Waals surface area contributed by atoms with Gasteiger partial charge in [-0.15, -0.1) is 0 Å². The van der Waals surface area contributed by atoms with Crippen molar-refractivity contribution in [1.29, 1.82) is 0 Å². The number of aromatic carboxylic acids is 1. The van der Waals surface area contributed by atoms with E-state index in [1.807, 2.05) is 4.98 Å². The Kier molecular flexibility index (Phi) is 2.32. The van der Waals surface area contributed by atoms with Crippen molar-refractivity contribution < 1.29 is 9.90 Å². The molecule has 0 aliphatic carbocycles. The molecule has 0 atom stereocenters. The lowest BCUT2D eigenvalue weighted by molar-refractivity contribution is 0.0683. The van der Waals surface area contributed by atoms with Crippen molar-refractivity contribution in [3.05, 3.63) is 32.6 Å². The first kappa shape index (κ1) is 9.24. The Balaban J connectivity index is 3.57. The summed E-state index contributed by atoms with van der Waals surface area (Å²) in [5, 5.41) is 8.63. The molecule has 1 rings (SSSR count). The largest absolute Gasteiger partial charge is 0.477 e. The molecule has 0 fully saturated rings. The number of carboxylic acid groups (broad SMARTS) is 1. The topological polar surface area (TPSA) is 92.2 Å². The summed E-state index contributed by atoms with van der Waals surface area (Å²) in [7, 11) is 0. The van der Waals surface area contributed by atoms with Gasteiger partial charge in [0, 0.05) is 12.6 Å². The van der Waals surface area contributed by atoms with Gasteiger partial charge in [-0.1, -0.05) is 0 Å². The normalized spacial score (nSPS) is 9.92. The average molecular weight is 184 g/mol. The first-order chi connectivity index (χ1) is 6.06. The number of carbonyl (C=O) groups is 1. The molecule has 0 saturated heterocycles. The molecule has 0 aliphatic rings. The fourth-order valence-electron chi connectivity index (χ4n) is 1.01. The van der Waals surface area contributed by atoms with E-state index in [4.69, 9.17) is 5.11 Å². The number of hydrogen-bond acceptors (Lipinski definition) is 3. The van der Waals surface area contributed by atoms with E-state index in [0.717, 1.165) is 10.6 Å².